The van der Waals surface area contributed by atoms with Gasteiger partial charge in [-0.25, -0.2) is 4.39 Å². The van der Waals surface area contributed by atoms with Gasteiger partial charge >= 0.3 is 0 Å². The van der Waals surface area contributed by atoms with Crippen LogP contribution in [-0.4, -0.2) is 37.5 Å². The number of nitrogens with two attached hydrogens (primary N) is 1. The van der Waals surface area contributed by atoms with Crippen LogP contribution < -0.4 is 11.1 Å². The van der Waals surface area contributed by atoms with Crippen molar-refractivity contribution in [1.29, 1.82) is 0 Å². The lowest BCUT2D eigenvalue weighted by Gasteiger charge is -2.25. The highest BCUT2D eigenvalue weighted by atomic mass is 35.5. The fourth-order valence-electron chi connectivity index (χ4n) is 3.12. The molecule has 0 aromatic heterocycles. The van der Waals surface area contributed by atoms with E-state index in [9.17, 15) is 9.18 Å². The lowest BCUT2D eigenvalue weighted by atomic mass is 9.99. The molecule has 7 heteroatoms. The Kier molecular flexibility index (Phi) is 10.5. The van der Waals surface area contributed by atoms with Gasteiger partial charge in [0.1, 0.15) is 5.82 Å². The lowest BCUT2D eigenvalue weighted by Crippen LogP contribution is -2.36. The summed E-state index contributed by atoms with van der Waals surface area (Å²) in [6.07, 6.45) is 3.69. The Hall–Kier alpha value is -0.880. The molecule has 4 nitrogen and oxygen atoms in total. The van der Waals surface area contributed by atoms with E-state index in [1.165, 1.54) is 12.1 Å². The van der Waals surface area contributed by atoms with Crippen LogP contribution in [0.2, 0.25) is 0 Å². The van der Waals surface area contributed by atoms with E-state index in [0.717, 1.165) is 24.8 Å². The molecule has 1 unspecified atom stereocenters. The standard InChI is InChI=1S/C17H26FN3O.2ClH/c1-21(2)16(12-6-8-14(18)9-7-12)11-20-17(22)10-13-4-3-5-15(13)19;;/h6-9,13,15-16H,3-5,10-11,19H2,1-2H3,(H,20,22);2*1H/t13-,15+,16?;;/m0../s1. The zero-order chi connectivity index (χ0) is 16.1. The number of halogens is 3. The van der Waals surface area contributed by atoms with Gasteiger partial charge in [0.25, 0.3) is 0 Å². The first kappa shape index (κ1) is 23.1. The van der Waals surface area contributed by atoms with Gasteiger partial charge < -0.3 is 16.0 Å². The summed E-state index contributed by atoms with van der Waals surface area (Å²) in [7, 11) is 3.90. The molecule has 1 aromatic carbocycles. The van der Waals surface area contributed by atoms with Gasteiger partial charge in [-0.15, -0.1) is 24.8 Å². The molecular weight excluding hydrogens is 352 g/mol. The number of nitrogens with one attached hydrogen (secondary N) is 1. The Labute approximate surface area is 156 Å². The summed E-state index contributed by atoms with van der Waals surface area (Å²) >= 11 is 0. The summed E-state index contributed by atoms with van der Waals surface area (Å²) in [6.45, 7) is 0.513. The van der Waals surface area contributed by atoms with Crippen LogP contribution in [0.1, 0.15) is 37.3 Å². The SMILES string of the molecule is CN(C)C(CNC(=O)C[C@@H]1CCC[C@H]1N)c1ccc(F)cc1.Cl.Cl. The number of hydrogen-bond acceptors (Lipinski definition) is 3. The van der Waals surface area contributed by atoms with Crippen LogP contribution in [0, 0.1) is 11.7 Å². The van der Waals surface area contributed by atoms with Crippen molar-refractivity contribution in [3.8, 4) is 0 Å². The van der Waals surface area contributed by atoms with Crippen molar-refractivity contribution in [2.75, 3.05) is 20.6 Å². The van der Waals surface area contributed by atoms with Crippen LogP contribution in [0.3, 0.4) is 0 Å². The number of benzene rings is 1. The molecule has 0 spiro atoms. The minimum Gasteiger partial charge on any atom is -0.354 e. The fraction of sp³-hybridized carbons (Fsp3) is 0.588. The first-order chi connectivity index (χ1) is 10.5. The molecule has 138 valence electrons. The topological polar surface area (TPSA) is 58.4 Å². The third kappa shape index (κ3) is 6.55. The zero-order valence-electron chi connectivity index (χ0n) is 14.2. The molecule has 1 aliphatic carbocycles. The minimum absolute atomic E-state index is 0. The summed E-state index contributed by atoms with van der Waals surface area (Å²) in [4.78, 5) is 14.1. The Morgan fingerprint density at radius 1 is 1.29 bits per heavy atom. The summed E-state index contributed by atoms with van der Waals surface area (Å²) in [6, 6.07) is 6.61. The van der Waals surface area contributed by atoms with E-state index in [1.807, 2.05) is 19.0 Å². The number of carbonyl (C=O) groups is 1. The van der Waals surface area contributed by atoms with Crippen LogP contribution in [0.4, 0.5) is 4.39 Å². The van der Waals surface area contributed by atoms with Crippen molar-refractivity contribution in [2.45, 2.75) is 37.8 Å². The van der Waals surface area contributed by atoms with E-state index in [4.69, 9.17) is 5.73 Å². The van der Waals surface area contributed by atoms with Crippen LogP contribution in [0.25, 0.3) is 0 Å². The van der Waals surface area contributed by atoms with Crippen molar-refractivity contribution in [2.24, 2.45) is 11.7 Å². The van der Waals surface area contributed by atoms with Crippen LogP contribution in [-0.2, 0) is 4.79 Å². The highest BCUT2D eigenvalue weighted by Gasteiger charge is 2.26. The summed E-state index contributed by atoms with van der Waals surface area (Å²) in [5.41, 5.74) is 7.00. The Bertz CT molecular complexity index is 499. The summed E-state index contributed by atoms with van der Waals surface area (Å²) < 4.78 is 13.0. The highest BCUT2D eigenvalue weighted by Crippen LogP contribution is 2.26. The maximum Gasteiger partial charge on any atom is 0.220 e. The maximum atomic E-state index is 13.0. The first-order valence-corrected chi connectivity index (χ1v) is 7.91. The number of carbonyl (C=O) groups excluding carboxylic acids is 1. The molecule has 1 saturated carbocycles. The smallest absolute Gasteiger partial charge is 0.220 e. The van der Waals surface area contributed by atoms with Gasteiger partial charge in [-0.2, -0.15) is 0 Å². The van der Waals surface area contributed by atoms with E-state index in [-0.39, 0.29) is 48.6 Å². The third-order valence-corrected chi connectivity index (χ3v) is 4.54. The molecule has 0 bridgehead atoms. The number of amides is 1. The quantitative estimate of drug-likeness (QED) is 0.798. The van der Waals surface area contributed by atoms with Gasteiger partial charge in [0.2, 0.25) is 5.91 Å². The molecule has 2 rings (SSSR count). The van der Waals surface area contributed by atoms with Crippen molar-refractivity contribution < 1.29 is 9.18 Å². The molecule has 0 radical (unpaired) electrons. The van der Waals surface area contributed by atoms with E-state index in [1.54, 1.807) is 12.1 Å². The fourth-order valence-corrected chi connectivity index (χ4v) is 3.12. The predicted molar refractivity (Wildman–Crippen MR) is 100 cm³/mol. The maximum absolute atomic E-state index is 13.0. The third-order valence-electron chi connectivity index (χ3n) is 4.54. The largest absolute Gasteiger partial charge is 0.354 e. The normalized spacial score (nSPS) is 20.9. The van der Waals surface area contributed by atoms with Crippen LogP contribution in [0.15, 0.2) is 24.3 Å². The molecule has 1 amide bonds. The molecular formula is C17H28Cl2FN3O. The molecule has 24 heavy (non-hydrogen) atoms. The van der Waals surface area contributed by atoms with E-state index < -0.39 is 0 Å². The minimum atomic E-state index is -0.250. The van der Waals surface area contributed by atoms with Crippen LogP contribution >= 0.6 is 24.8 Å². The Morgan fingerprint density at radius 2 is 1.92 bits per heavy atom. The second-order valence-electron chi connectivity index (χ2n) is 6.39. The monoisotopic (exact) mass is 379 g/mol. The van der Waals surface area contributed by atoms with Gasteiger partial charge in [0.05, 0.1) is 6.04 Å². The van der Waals surface area contributed by atoms with Crippen molar-refractivity contribution >= 4 is 30.7 Å². The number of rotatable bonds is 6. The van der Waals surface area contributed by atoms with E-state index >= 15 is 0 Å². The lowest BCUT2D eigenvalue weighted by molar-refractivity contribution is -0.122. The van der Waals surface area contributed by atoms with Crippen LogP contribution in [0.5, 0.6) is 0 Å². The number of hydrogen-bond donors (Lipinski definition) is 2. The van der Waals surface area contributed by atoms with Gasteiger partial charge in [-0.3, -0.25) is 4.79 Å². The Morgan fingerprint density at radius 3 is 2.42 bits per heavy atom. The molecule has 0 aliphatic heterocycles. The highest BCUT2D eigenvalue weighted by molar-refractivity contribution is 5.85. The second kappa shape index (κ2) is 10.9. The van der Waals surface area contributed by atoms with Crippen molar-refractivity contribution in [1.82, 2.24) is 10.2 Å². The number of nitrogens with zero attached hydrogens (tertiary/aromatic N) is 1. The second-order valence-corrected chi connectivity index (χ2v) is 6.39. The van der Waals surface area contributed by atoms with Gasteiger partial charge in [0, 0.05) is 19.0 Å². The van der Waals surface area contributed by atoms with Crippen molar-refractivity contribution in [3.05, 3.63) is 35.6 Å². The molecule has 1 fully saturated rings. The predicted octanol–water partition coefficient (Wildman–Crippen LogP) is 2.91. The molecule has 3 N–H and O–H groups in total. The van der Waals surface area contributed by atoms with E-state index in [0.29, 0.717) is 18.9 Å². The average molecular weight is 380 g/mol. The molecule has 0 saturated heterocycles. The molecule has 1 aliphatic rings. The molecule has 0 heterocycles. The van der Waals surface area contributed by atoms with E-state index in [2.05, 4.69) is 5.32 Å². The Balaban J connectivity index is 0.00000264. The molecule has 3 atom stereocenters. The van der Waals surface area contributed by atoms with Gasteiger partial charge in [0.15, 0.2) is 0 Å². The summed E-state index contributed by atoms with van der Waals surface area (Å²) in [5.74, 6) is 0.112. The first-order valence-electron chi connectivity index (χ1n) is 7.91. The summed E-state index contributed by atoms with van der Waals surface area (Å²) in [5, 5.41) is 2.99. The van der Waals surface area contributed by atoms with Gasteiger partial charge in [-0.1, -0.05) is 18.6 Å². The van der Waals surface area contributed by atoms with Gasteiger partial charge in [-0.05, 0) is 50.6 Å². The average Bonchev–Trinajstić information content (AvgIpc) is 2.86. The van der Waals surface area contributed by atoms with Crippen molar-refractivity contribution in [3.63, 3.8) is 0 Å². The zero-order valence-corrected chi connectivity index (χ0v) is 15.8. The molecule has 1 aromatic rings. The number of likely N-dealkylation sites (N-methyl/N-ethyl adjacent to an activating group) is 1.